The molecule has 1 aromatic heterocycles. The number of hydrogen-bond acceptors (Lipinski definition) is 9. The lowest BCUT2D eigenvalue weighted by Crippen LogP contribution is -2.49. The predicted octanol–water partition coefficient (Wildman–Crippen LogP) is -1.07. The molecule has 0 aliphatic heterocycles. The summed E-state index contributed by atoms with van der Waals surface area (Å²) < 4.78 is 55.0. The van der Waals surface area contributed by atoms with Crippen LogP contribution in [-0.4, -0.2) is 69.5 Å². The molecule has 23 heavy (non-hydrogen) atoms. The van der Waals surface area contributed by atoms with E-state index in [9.17, 15) is 22.0 Å². The van der Waals surface area contributed by atoms with Crippen LogP contribution in [0.4, 0.5) is 10.7 Å². The van der Waals surface area contributed by atoms with Crippen LogP contribution in [0.1, 0.15) is 0 Å². The largest absolute Gasteiger partial charge is 0.754 e. The third kappa shape index (κ3) is 4.98. The van der Waals surface area contributed by atoms with Crippen molar-refractivity contribution in [3.63, 3.8) is 0 Å². The minimum atomic E-state index is -3.99. The molecule has 0 spiro atoms. The lowest BCUT2D eigenvalue weighted by atomic mass is 10.6. The van der Waals surface area contributed by atoms with Gasteiger partial charge in [-0.1, -0.05) is 0 Å². The number of nitrogens with zero attached hydrogens (tertiary/aromatic N) is 4. The third-order valence-corrected chi connectivity index (χ3v) is 4.29. The lowest BCUT2D eigenvalue weighted by Gasteiger charge is -2.30. The molecule has 12 nitrogen and oxygen atoms in total. The van der Waals surface area contributed by atoms with Crippen LogP contribution >= 0.6 is 0 Å². The maximum Gasteiger partial charge on any atom is 0.351 e. The van der Waals surface area contributed by atoms with E-state index in [0.717, 1.165) is 13.3 Å². The quantitative estimate of drug-likeness (QED) is 0.488. The number of nitrogens with one attached hydrogen (secondary N) is 1. The van der Waals surface area contributed by atoms with E-state index in [1.165, 1.54) is 20.3 Å². The third-order valence-electron chi connectivity index (χ3n) is 2.37. The molecule has 1 unspecified atom stereocenters. The first-order valence-electron chi connectivity index (χ1n) is 5.71. The lowest BCUT2D eigenvalue weighted by molar-refractivity contribution is 0.185. The maximum absolute atomic E-state index is 12.0. The number of carbonyl (C=O) groups is 1. The van der Waals surface area contributed by atoms with E-state index in [4.69, 9.17) is 9.47 Å². The second-order valence-electron chi connectivity index (χ2n) is 3.89. The van der Waals surface area contributed by atoms with Crippen molar-refractivity contribution in [3.05, 3.63) is 6.07 Å². The Morgan fingerprint density at radius 3 is 2.13 bits per heavy atom. The highest BCUT2D eigenvalue weighted by atomic mass is 32.2. The smallest absolute Gasteiger partial charge is 0.351 e. The highest BCUT2D eigenvalue weighted by Gasteiger charge is 2.27. The summed E-state index contributed by atoms with van der Waals surface area (Å²) in [5.74, 6) is -0.264. The fourth-order valence-corrected chi connectivity index (χ4v) is 2.48. The second kappa shape index (κ2) is 7.49. The molecule has 0 bridgehead atoms. The Morgan fingerprint density at radius 1 is 1.30 bits per heavy atom. The molecule has 2 amide bonds. The summed E-state index contributed by atoms with van der Waals surface area (Å²) in [5.41, 5.74) is 0. The summed E-state index contributed by atoms with van der Waals surface area (Å²) >= 11 is -3.20. The predicted molar refractivity (Wildman–Crippen MR) is 77.5 cm³/mol. The Balaban J connectivity index is 3.11. The molecule has 0 aromatic carbocycles. The van der Waals surface area contributed by atoms with Crippen molar-refractivity contribution in [2.75, 3.05) is 32.8 Å². The van der Waals surface area contributed by atoms with E-state index >= 15 is 0 Å². The minimum Gasteiger partial charge on any atom is -0.754 e. The van der Waals surface area contributed by atoms with Crippen molar-refractivity contribution < 1.29 is 31.4 Å². The highest BCUT2D eigenvalue weighted by molar-refractivity contribution is 7.89. The van der Waals surface area contributed by atoms with Crippen LogP contribution in [0.15, 0.2) is 6.07 Å². The van der Waals surface area contributed by atoms with Crippen molar-refractivity contribution >= 4 is 33.3 Å². The van der Waals surface area contributed by atoms with Crippen LogP contribution in [0.25, 0.3) is 0 Å². The highest BCUT2D eigenvalue weighted by Crippen LogP contribution is 2.18. The molecule has 1 aromatic rings. The second-order valence-corrected chi connectivity index (χ2v) is 6.67. The van der Waals surface area contributed by atoms with Gasteiger partial charge in [0.25, 0.3) is 0 Å². The minimum absolute atomic E-state index is 0.0402. The molecule has 0 saturated heterocycles. The number of anilines is 1. The molecule has 0 aliphatic carbocycles. The van der Waals surface area contributed by atoms with Crippen LogP contribution in [0.2, 0.25) is 0 Å². The average molecular weight is 368 g/mol. The van der Waals surface area contributed by atoms with E-state index < -0.39 is 27.3 Å². The van der Waals surface area contributed by atoms with Gasteiger partial charge < -0.3 is 14.0 Å². The van der Waals surface area contributed by atoms with Crippen molar-refractivity contribution in [3.8, 4) is 11.8 Å². The van der Waals surface area contributed by atoms with Gasteiger partial charge in [-0.05, 0) is 0 Å². The number of amides is 2. The summed E-state index contributed by atoms with van der Waals surface area (Å²) in [6.07, 6.45) is 0.727. The van der Waals surface area contributed by atoms with Crippen molar-refractivity contribution in [2.24, 2.45) is 0 Å². The van der Waals surface area contributed by atoms with Crippen molar-refractivity contribution in [2.45, 2.75) is 0 Å². The standard InChI is InChI=1S/C9H15N5O7S2/c1-13(23(4,18)19)14(22(16)17)9(15)12-8-10-6(20-2)5-7(11-8)21-3/h5H,1-4H3,(H,16,17)(H,10,11,12,15)/p-1. The molecule has 0 aliphatic rings. The van der Waals surface area contributed by atoms with Crippen LogP contribution in [0, 0.1) is 0 Å². The Hall–Kier alpha value is -2.03. The van der Waals surface area contributed by atoms with Gasteiger partial charge >= 0.3 is 6.03 Å². The Morgan fingerprint density at radius 2 is 1.78 bits per heavy atom. The Kier molecular flexibility index (Phi) is 6.20. The molecule has 1 rings (SSSR count). The van der Waals surface area contributed by atoms with Crippen LogP contribution in [0.5, 0.6) is 11.8 Å². The van der Waals surface area contributed by atoms with Gasteiger partial charge in [0, 0.05) is 7.05 Å². The number of aromatic nitrogens is 2. The van der Waals surface area contributed by atoms with Crippen LogP contribution in [-0.2, 0) is 21.3 Å². The first-order chi connectivity index (χ1) is 10.6. The number of methoxy groups -OCH3 is 2. The first-order valence-corrected chi connectivity index (χ1v) is 8.59. The van der Waals surface area contributed by atoms with Gasteiger partial charge in [-0.25, -0.2) is 13.2 Å². The topological polar surface area (TPSA) is 154 Å². The Bertz CT molecular complexity index is 688. The molecular weight excluding hydrogens is 354 g/mol. The zero-order chi connectivity index (χ0) is 17.8. The molecule has 1 atom stereocenters. The molecule has 0 radical (unpaired) electrons. The molecule has 1 heterocycles. The molecule has 14 heteroatoms. The van der Waals surface area contributed by atoms with Crippen molar-refractivity contribution in [1.29, 1.82) is 0 Å². The van der Waals surface area contributed by atoms with Crippen LogP contribution in [0.3, 0.4) is 0 Å². The van der Waals surface area contributed by atoms with Gasteiger partial charge in [-0.15, -0.1) is 4.41 Å². The number of sulfonamides is 1. The molecule has 0 fully saturated rings. The van der Waals surface area contributed by atoms with Gasteiger partial charge in [0.2, 0.25) is 27.7 Å². The van der Waals surface area contributed by atoms with E-state index in [1.54, 1.807) is 0 Å². The van der Waals surface area contributed by atoms with E-state index in [1.807, 2.05) is 5.32 Å². The summed E-state index contributed by atoms with van der Waals surface area (Å²) in [6.45, 7) is 0. The van der Waals surface area contributed by atoms with Gasteiger partial charge in [0.1, 0.15) is 0 Å². The van der Waals surface area contributed by atoms with E-state index in [2.05, 4.69) is 9.97 Å². The summed E-state index contributed by atoms with van der Waals surface area (Å²) in [4.78, 5) is 19.5. The summed E-state index contributed by atoms with van der Waals surface area (Å²) in [7, 11) is -0.490. The number of hydrazine groups is 1. The van der Waals surface area contributed by atoms with Crippen LogP contribution < -0.4 is 14.8 Å². The molecular formula is C9H14N5O7S2-. The molecule has 0 saturated carbocycles. The fourth-order valence-electron chi connectivity index (χ4n) is 1.24. The average Bonchev–Trinajstić information content (AvgIpc) is 2.45. The van der Waals surface area contributed by atoms with Gasteiger partial charge in [-0.2, -0.15) is 14.4 Å². The zero-order valence-electron chi connectivity index (χ0n) is 12.5. The summed E-state index contributed by atoms with van der Waals surface area (Å²) in [6, 6.07) is 0.00324. The van der Waals surface area contributed by atoms with Gasteiger partial charge in [-0.3, -0.25) is 9.53 Å². The number of carbonyl (C=O) groups excluding carboxylic acids is 1. The SMILES string of the molecule is COc1cc(OC)nc(NC(=O)N(N(C)S(C)(=O)=O)S(=O)[O-])n1. The number of hydrogen-bond donors (Lipinski definition) is 1. The first kappa shape index (κ1) is 19.0. The normalized spacial score (nSPS) is 12.6. The number of ether oxygens (including phenoxy) is 2. The summed E-state index contributed by atoms with van der Waals surface area (Å²) in [5, 5.41) is 2.03. The molecule has 1 N–H and O–H groups in total. The van der Waals surface area contributed by atoms with Crippen molar-refractivity contribution in [1.82, 2.24) is 18.8 Å². The van der Waals surface area contributed by atoms with E-state index in [-0.39, 0.29) is 26.5 Å². The van der Waals surface area contributed by atoms with E-state index in [0.29, 0.717) is 0 Å². The maximum atomic E-state index is 12.0. The number of rotatable bonds is 6. The number of urea groups is 1. The monoisotopic (exact) mass is 368 g/mol. The van der Waals surface area contributed by atoms with Gasteiger partial charge in [0.15, 0.2) is 0 Å². The Labute approximate surface area is 134 Å². The molecule has 130 valence electrons. The van der Waals surface area contributed by atoms with Gasteiger partial charge in [0.05, 0.1) is 37.8 Å². The fraction of sp³-hybridized carbons (Fsp3) is 0.444. The zero-order valence-corrected chi connectivity index (χ0v) is 14.2.